The van der Waals surface area contributed by atoms with Crippen LogP contribution < -0.4 is 0 Å². The van der Waals surface area contributed by atoms with E-state index in [0.29, 0.717) is 24.5 Å². The number of hydrogen-bond acceptors (Lipinski definition) is 4. The van der Waals surface area contributed by atoms with Crippen LogP contribution in [0.1, 0.15) is 30.4 Å². The van der Waals surface area contributed by atoms with E-state index in [0.717, 1.165) is 43.7 Å². The van der Waals surface area contributed by atoms with Crippen LogP contribution >= 0.6 is 0 Å². The van der Waals surface area contributed by atoms with Crippen molar-refractivity contribution < 1.29 is 9.53 Å². The maximum Gasteiger partial charge on any atom is 0.289 e. The van der Waals surface area contributed by atoms with Crippen molar-refractivity contribution in [2.24, 2.45) is 0 Å². The Morgan fingerprint density at radius 2 is 2.21 bits per heavy atom. The van der Waals surface area contributed by atoms with Crippen LogP contribution in [-0.4, -0.2) is 70.6 Å². The molecule has 4 rings (SSSR count). The fourth-order valence-corrected chi connectivity index (χ4v) is 3.91. The summed E-state index contributed by atoms with van der Waals surface area (Å²) in [6.07, 6.45) is 2.33. The van der Waals surface area contributed by atoms with E-state index < -0.39 is 0 Å². The van der Waals surface area contributed by atoms with Crippen LogP contribution in [0.25, 0.3) is 11.0 Å². The van der Waals surface area contributed by atoms with Crippen molar-refractivity contribution in [3.8, 4) is 0 Å². The Balaban J connectivity index is 1.48. The predicted octanol–water partition coefficient (Wildman–Crippen LogP) is 1.89. The fraction of sp³-hybridized carbons (Fsp3) is 0.556. The summed E-state index contributed by atoms with van der Waals surface area (Å²) in [5.74, 6) is 0.426. The molecule has 0 unspecified atom stereocenters. The molecule has 0 aliphatic carbocycles. The largest absolute Gasteiger partial charge is 0.378 e. The first kappa shape index (κ1) is 15.6. The van der Waals surface area contributed by atoms with Gasteiger partial charge in [0, 0.05) is 25.7 Å². The van der Waals surface area contributed by atoms with Gasteiger partial charge in [0.05, 0.1) is 30.3 Å². The molecule has 128 valence electrons. The molecule has 1 N–H and O–H groups in total. The Morgan fingerprint density at radius 1 is 1.33 bits per heavy atom. The fourth-order valence-electron chi connectivity index (χ4n) is 3.91. The molecule has 1 aromatic carbocycles. The number of ether oxygens (including phenoxy) is 1. The minimum atomic E-state index is -0.0107. The highest BCUT2D eigenvalue weighted by Gasteiger charge is 2.37. The first-order chi connectivity index (χ1) is 11.8. The molecule has 2 aliphatic heterocycles. The third kappa shape index (κ3) is 2.80. The number of morpholine rings is 1. The quantitative estimate of drug-likeness (QED) is 0.935. The highest BCUT2D eigenvalue weighted by Crippen LogP contribution is 2.22. The molecular formula is C18H24N4O2. The van der Waals surface area contributed by atoms with Crippen LogP contribution in [0.5, 0.6) is 0 Å². The number of amides is 1. The second-order valence-electron chi connectivity index (χ2n) is 6.73. The maximum atomic E-state index is 12.8. The summed E-state index contributed by atoms with van der Waals surface area (Å²) in [6, 6.07) is 8.55. The number of nitrogens with zero attached hydrogens (tertiary/aromatic N) is 3. The number of benzene rings is 1. The molecule has 0 bridgehead atoms. The molecule has 1 amide bonds. The number of rotatable bonds is 3. The standard InChI is InChI=1S/C18H24N4O2/c1-2-5-13-11-24-12-14-10-21(8-9-22(13)14)18(23)17-19-15-6-3-4-7-16(15)20-17/h3-4,6-7,13-14H,2,5,8-12H2,1H3,(H,19,20)/t13-,14+/m0/s1. The summed E-state index contributed by atoms with van der Waals surface area (Å²) < 4.78 is 5.78. The van der Waals surface area contributed by atoms with E-state index in [9.17, 15) is 4.79 Å². The third-order valence-corrected chi connectivity index (χ3v) is 5.12. The van der Waals surface area contributed by atoms with Crippen LogP contribution in [-0.2, 0) is 4.74 Å². The van der Waals surface area contributed by atoms with Crippen LogP contribution in [0.15, 0.2) is 24.3 Å². The Kier molecular flexibility index (Phi) is 4.24. The minimum Gasteiger partial charge on any atom is -0.378 e. The molecule has 2 saturated heterocycles. The molecule has 0 radical (unpaired) electrons. The van der Waals surface area contributed by atoms with Gasteiger partial charge in [0.1, 0.15) is 0 Å². The topological polar surface area (TPSA) is 61.5 Å². The molecule has 0 saturated carbocycles. The molecule has 6 nitrogen and oxygen atoms in total. The van der Waals surface area contributed by atoms with Crippen molar-refractivity contribution in [2.45, 2.75) is 31.8 Å². The summed E-state index contributed by atoms with van der Waals surface area (Å²) >= 11 is 0. The number of carbonyl (C=O) groups is 1. The van der Waals surface area contributed by atoms with Crippen LogP contribution in [0.2, 0.25) is 0 Å². The first-order valence-electron chi connectivity index (χ1n) is 8.83. The summed E-state index contributed by atoms with van der Waals surface area (Å²) in [6.45, 7) is 6.14. The van der Waals surface area contributed by atoms with Crippen LogP contribution in [0, 0.1) is 0 Å². The third-order valence-electron chi connectivity index (χ3n) is 5.12. The number of aromatic nitrogens is 2. The molecule has 24 heavy (non-hydrogen) atoms. The molecular weight excluding hydrogens is 304 g/mol. The average Bonchev–Trinajstić information content (AvgIpc) is 3.05. The molecule has 2 aromatic rings. The van der Waals surface area contributed by atoms with E-state index >= 15 is 0 Å². The summed E-state index contributed by atoms with van der Waals surface area (Å²) in [5, 5.41) is 0. The van der Waals surface area contributed by atoms with Gasteiger partial charge in [0.2, 0.25) is 0 Å². The number of aromatic amines is 1. The van der Waals surface area contributed by atoms with E-state index in [1.807, 2.05) is 29.2 Å². The Morgan fingerprint density at radius 3 is 3.04 bits per heavy atom. The van der Waals surface area contributed by atoms with Gasteiger partial charge in [-0.1, -0.05) is 25.5 Å². The number of imidazole rings is 1. The van der Waals surface area contributed by atoms with Gasteiger partial charge >= 0.3 is 0 Å². The number of H-pyrrole nitrogens is 1. The Hall–Kier alpha value is -1.92. The number of hydrogen-bond donors (Lipinski definition) is 1. The van der Waals surface area contributed by atoms with E-state index in [4.69, 9.17) is 4.74 Å². The average molecular weight is 328 g/mol. The predicted molar refractivity (Wildman–Crippen MR) is 92.0 cm³/mol. The SMILES string of the molecule is CCC[C@H]1COC[C@H]2CN(C(=O)c3nc4ccccc4[nH]3)CCN12. The molecule has 1 aromatic heterocycles. The zero-order valence-electron chi connectivity index (χ0n) is 14.1. The van der Waals surface area contributed by atoms with Gasteiger partial charge in [-0.05, 0) is 18.6 Å². The number of nitrogens with one attached hydrogen (secondary N) is 1. The highest BCUT2D eigenvalue weighted by molar-refractivity contribution is 5.94. The molecule has 6 heteroatoms. The molecule has 0 spiro atoms. The van der Waals surface area contributed by atoms with Gasteiger partial charge in [0.15, 0.2) is 5.82 Å². The highest BCUT2D eigenvalue weighted by atomic mass is 16.5. The van der Waals surface area contributed by atoms with Gasteiger partial charge < -0.3 is 14.6 Å². The van der Waals surface area contributed by atoms with Crippen molar-refractivity contribution in [3.63, 3.8) is 0 Å². The van der Waals surface area contributed by atoms with Gasteiger partial charge in [-0.25, -0.2) is 4.98 Å². The molecule has 2 aliphatic rings. The summed E-state index contributed by atoms with van der Waals surface area (Å²) in [5.41, 5.74) is 1.74. The Bertz CT molecular complexity index is 694. The normalized spacial score (nSPS) is 25.0. The molecule has 2 fully saturated rings. The molecule has 2 atom stereocenters. The second-order valence-corrected chi connectivity index (χ2v) is 6.73. The lowest BCUT2D eigenvalue weighted by Gasteiger charge is -2.47. The van der Waals surface area contributed by atoms with Crippen LogP contribution in [0.3, 0.4) is 0 Å². The zero-order chi connectivity index (χ0) is 16.5. The lowest BCUT2D eigenvalue weighted by Crippen LogP contribution is -2.62. The van der Waals surface area contributed by atoms with Gasteiger partial charge in [-0.15, -0.1) is 0 Å². The first-order valence-corrected chi connectivity index (χ1v) is 8.83. The number of fused-ring (bicyclic) bond motifs is 2. The smallest absolute Gasteiger partial charge is 0.289 e. The van der Waals surface area contributed by atoms with Crippen molar-refractivity contribution in [1.82, 2.24) is 19.8 Å². The van der Waals surface area contributed by atoms with Gasteiger partial charge in [-0.3, -0.25) is 9.69 Å². The lowest BCUT2D eigenvalue weighted by atomic mass is 10.0. The number of carbonyl (C=O) groups excluding carboxylic acids is 1. The Labute approximate surface area is 141 Å². The van der Waals surface area contributed by atoms with E-state index in [-0.39, 0.29) is 5.91 Å². The molecule has 3 heterocycles. The number of para-hydroxylation sites is 2. The lowest BCUT2D eigenvalue weighted by molar-refractivity contribution is -0.0777. The van der Waals surface area contributed by atoms with E-state index in [1.165, 1.54) is 6.42 Å². The van der Waals surface area contributed by atoms with Gasteiger partial charge in [0.25, 0.3) is 5.91 Å². The number of piperazine rings is 1. The monoisotopic (exact) mass is 328 g/mol. The van der Waals surface area contributed by atoms with Crippen molar-refractivity contribution in [2.75, 3.05) is 32.8 Å². The van der Waals surface area contributed by atoms with Crippen molar-refractivity contribution in [1.29, 1.82) is 0 Å². The zero-order valence-corrected chi connectivity index (χ0v) is 14.1. The minimum absolute atomic E-state index is 0.0107. The summed E-state index contributed by atoms with van der Waals surface area (Å²) in [7, 11) is 0. The maximum absolute atomic E-state index is 12.8. The summed E-state index contributed by atoms with van der Waals surface area (Å²) in [4.78, 5) is 24.9. The van der Waals surface area contributed by atoms with Crippen LogP contribution in [0.4, 0.5) is 0 Å². The van der Waals surface area contributed by atoms with Crippen molar-refractivity contribution in [3.05, 3.63) is 30.1 Å². The van der Waals surface area contributed by atoms with Crippen molar-refractivity contribution >= 4 is 16.9 Å². The second kappa shape index (κ2) is 6.53. The van der Waals surface area contributed by atoms with Gasteiger partial charge in [-0.2, -0.15) is 0 Å². The van der Waals surface area contributed by atoms with E-state index in [1.54, 1.807) is 0 Å². The van der Waals surface area contributed by atoms with E-state index in [2.05, 4.69) is 21.8 Å².